The second-order valence-corrected chi connectivity index (χ2v) is 5.81. The number of benzene rings is 2. The molecule has 2 aromatic carbocycles. The number of aromatic nitrogens is 1. The Kier molecular flexibility index (Phi) is 6.22. The zero-order chi connectivity index (χ0) is 19.1. The summed E-state index contributed by atoms with van der Waals surface area (Å²) in [4.78, 5) is 3.95. The van der Waals surface area contributed by atoms with Crippen molar-refractivity contribution in [2.24, 2.45) is 0 Å². The molecular formula is C21H21FN2O3. The molecule has 140 valence electrons. The lowest BCUT2D eigenvalue weighted by molar-refractivity contribution is 0.350. The summed E-state index contributed by atoms with van der Waals surface area (Å²) >= 11 is 0. The molecule has 5 nitrogen and oxygen atoms in total. The van der Waals surface area contributed by atoms with Crippen LogP contribution < -0.4 is 19.5 Å². The average molecular weight is 368 g/mol. The van der Waals surface area contributed by atoms with Gasteiger partial charge in [0, 0.05) is 24.8 Å². The first-order chi connectivity index (χ1) is 13.2. The van der Waals surface area contributed by atoms with Crippen LogP contribution in [-0.2, 0) is 13.1 Å². The van der Waals surface area contributed by atoms with Crippen molar-refractivity contribution < 1.29 is 18.6 Å². The van der Waals surface area contributed by atoms with Gasteiger partial charge in [-0.05, 0) is 35.9 Å². The van der Waals surface area contributed by atoms with Crippen LogP contribution in [0.3, 0.4) is 0 Å². The fourth-order valence-electron chi connectivity index (χ4n) is 2.71. The topological polar surface area (TPSA) is 52.6 Å². The normalized spacial score (nSPS) is 10.5. The molecule has 0 amide bonds. The summed E-state index contributed by atoms with van der Waals surface area (Å²) in [7, 11) is 3.21. The summed E-state index contributed by atoms with van der Waals surface area (Å²) < 4.78 is 30.5. The molecule has 1 N–H and O–H groups in total. The smallest absolute Gasteiger partial charge is 0.166 e. The first-order valence-electron chi connectivity index (χ1n) is 8.48. The molecule has 0 saturated carbocycles. The minimum Gasteiger partial charge on any atom is -0.493 e. The van der Waals surface area contributed by atoms with E-state index in [-0.39, 0.29) is 5.75 Å². The molecule has 0 radical (unpaired) electrons. The fraction of sp³-hybridized carbons (Fsp3) is 0.190. The predicted octanol–water partition coefficient (Wildman–Crippen LogP) is 4.32. The van der Waals surface area contributed by atoms with Crippen molar-refractivity contribution in [3.8, 4) is 23.0 Å². The molecular weight excluding hydrogens is 347 g/mol. The van der Waals surface area contributed by atoms with Crippen LogP contribution in [0.1, 0.15) is 11.1 Å². The molecule has 27 heavy (non-hydrogen) atoms. The van der Waals surface area contributed by atoms with Gasteiger partial charge in [-0.2, -0.15) is 0 Å². The number of nitrogens with one attached hydrogen (secondary N) is 1. The van der Waals surface area contributed by atoms with Gasteiger partial charge in [-0.15, -0.1) is 0 Å². The summed E-state index contributed by atoms with van der Waals surface area (Å²) in [6, 6.07) is 14.1. The predicted molar refractivity (Wildman–Crippen MR) is 101 cm³/mol. The molecule has 3 aromatic rings. The molecule has 0 aliphatic carbocycles. The zero-order valence-corrected chi connectivity index (χ0v) is 15.2. The van der Waals surface area contributed by atoms with Gasteiger partial charge in [-0.25, -0.2) is 4.39 Å². The molecule has 0 unspecified atom stereocenters. The SMILES string of the molecule is COc1cccc(CNCc2ccc(Oc3cccnc3)c(F)c2)c1OC. The largest absolute Gasteiger partial charge is 0.493 e. The van der Waals surface area contributed by atoms with E-state index in [2.05, 4.69) is 10.3 Å². The van der Waals surface area contributed by atoms with Gasteiger partial charge in [-0.3, -0.25) is 4.98 Å². The fourth-order valence-corrected chi connectivity index (χ4v) is 2.71. The number of pyridine rings is 1. The highest BCUT2D eigenvalue weighted by atomic mass is 19.1. The van der Waals surface area contributed by atoms with Crippen molar-refractivity contribution in [1.82, 2.24) is 10.3 Å². The first kappa shape index (κ1) is 18.7. The summed E-state index contributed by atoms with van der Waals surface area (Å²) in [5, 5.41) is 3.29. The highest BCUT2D eigenvalue weighted by Crippen LogP contribution is 2.30. The van der Waals surface area contributed by atoms with Gasteiger partial charge in [0.1, 0.15) is 5.75 Å². The van der Waals surface area contributed by atoms with Crippen LogP contribution in [0, 0.1) is 5.82 Å². The van der Waals surface area contributed by atoms with Gasteiger partial charge in [0.2, 0.25) is 0 Å². The number of hydrogen-bond acceptors (Lipinski definition) is 5. The molecule has 0 aliphatic heterocycles. The lowest BCUT2D eigenvalue weighted by Crippen LogP contribution is -2.13. The van der Waals surface area contributed by atoms with E-state index in [1.54, 1.807) is 38.6 Å². The second kappa shape index (κ2) is 9.00. The Labute approximate surface area is 157 Å². The Bertz CT molecular complexity index is 888. The van der Waals surface area contributed by atoms with Crippen molar-refractivity contribution in [2.75, 3.05) is 14.2 Å². The molecule has 1 aromatic heterocycles. The first-order valence-corrected chi connectivity index (χ1v) is 8.48. The zero-order valence-electron chi connectivity index (χ0n) is 15.2. The van der Waals surface area contributed by atoms with Gasteiger partial charge in [-0.1, -0.05) is 18.2 Å². The van der Waals surface area contributed by atoms with Crippen molar-refractivity contribution in [1.29, 1.82) is 0 Å². The van der Waals surface area contributed by atoms with E-state index in [1.807, 2.05) is 24.3 Å². The van der Waals surface area contributed by atoms with E-state index in [4.69, 9.17) is 14.2 Å². The molecule has 6 heteroatoms. The third-order valence-electron chi connectivity index (χ3n) is 3.99. The number of rotatable bonds is 8. The van der Waals surface area contributed by atoms with Crippen LogP contribution in [0.5, 0.6) is 23.0 Å². The van der Waals surface area contributed by atoms with E-state index in [1.165, 1.54) is 12.3 Å². The highest BCUT2D eigenvalue weighted by Gasteiger charge is 2.10. The lowest BCUT2D eigenvalue weighted by Gasteiger charge is -2.13. The Morgan fingerprint density at radius 1 is 0.963 bits per heavy atom. The van der Waals surface area contributed by atoms with Crippen LogP contribution >= 0.6 is 0 Å². The van der Waals surface area contributed by atoms with Gasteiger partial charge in [0.15, 0.2) is 23.1 Å². The molecule has 0 atom stereocenters. The average Bonchev–Trinajstić information content (AvgIpc) is 2.70. The number of para-hydroxylation sites is 1. The number of halogens is 1. The van der Waals surface area contributed by atoms with E-state index in [9.17, 15) is 4.39 Å². The second-order valence-electron chi connectivity index (χ2n) is 5.81. The summed E-state index contributed by atoms with van der Waals surface area (Å²) in [5.41, 5.74) is 1.78. The third kappa shape index (κ3) is 4.74. The minimum absolute atomic E-state index is 0.168. The summed E-state index contributed by atoms with van der Waals surface area (Å²) in [5.74, 6) is 1.62. The number of nitrogens with zero attached hydrogens (tertiary/aromatic N) is 1. The van der Waals surface area contributed by atoms with Crippen molar-refractivity contribution in [2.45, 2.75) is 13.1 Å². The van der Waals surface area contributed by atoms with E-state index in [0.29, 0.717) is 30.3 Å². The quantitative estimate of drug-likeness (QED) is 0.642. The molecule has 0 fully saturated rings. The van der Waals surface area contributed by atoms with Crippen LogP contribution in [-0.4, -0.2) is 19.2 Å². The molecule has 0 saturated heterocycles. The molecule has 0 bridgehead atoms. The molecule has 0 spiro atoms. The Balaban J connectivity index is 1.61. The van der Waals surface area contributed by atoms with E-state index >= 15 is 0 Å². The third-order valence-corrected chi connectivity index (χ3v) is 3.99. The molecule has 3 rings (SSSR count). The van der Waals surface area contributed by atoms with Crippen LogP contribution in [0.2, 0.25) is 0 Å². The number of hydrogen-bond donors (Lipinski definition) is 1. The number of methoxy groups -OCH3 is 2. The Morgan fingerprint density at radius 2 is 1.85 bits per heavy atom. The van der Waals surface area contributed by atoms with Gasteiger partial charge >= 0.3 is 0 Å². The molecule has 0 aliphatic rings. The number of ether oxygens (including phenoxy) is 3. The maximum atomic E-state index is 14.3. The monoisotopic (exact) mass is 368 g/mol. The van der Waals surface area contributed by atoms with Crippen LogP contribution in [0.15, 0.2) is 60.9 Å². The van der Waals surface area contributed by atoms with Crippen molar-refractivity contribution in [3.05, 3.63) is 77.9 Å². The summed E-state index contributed by atoms with van der Waals surface area (Å²) in [6.45, 7) is 1.07. The van der Waals surface area contributed by atoms with Crippen LogP contribution in [0.25, 0.3) is 0 Å². The van der Waals surface area contributed by atoms with E-state index < -0.39 is 5.82 Å². The van der Waals surface area contributed by atoms with Gasteiger partial charge < -0.3 is 19.5 Å². The lowest BCUT2D eigenvalue weighted by atomic mass is 10.1. The van der Waals surface area contributed by atoms with Gasteiger partial charge in [0.05, 0.1) is 20.4 Å². The van der Waals surface area contributed by atoms with Crippen LogP contribution in [0.4, 0.5) is 4.39 Å². The maximum Gasteiger partial charge on any atom is 0.166 e. The van der Waals surface area contributed by atoms with Crippen molar-refractivity contribution >= 4 is 0 Å². The standard InChI is InChI=1S/C21H21FN2O3/c1-25-20-7-3-5-16(21(20)26-2)13-24-12-15-8-9-19(18(22)11-15)27-17-6-4-10-23-14-17/h3-11,14,24H,12-13H2,1-2H3. The maximum absolute atomic E-state index is 14.3. The Hall–Kier alpha value is -3.12. The van der Waals surface area contributed by atoms with E-state index in [0.717, 1.165) is 11.1 Å². The summed E-state index contributed by atoms with van der Waals surface area (Å²) in [6.07, 6.45) is 3.17. The van der Waals surface area contributed by atoms with Crippen molar-refractivity contribution in [3.63, 3.8) is 0 Å². The minimum atomic E-state index is -0.419. The highest BCUT2D eigenvalue weighted by molar-refractivity contribution is 5.46. The Morgan fingerprint density at radius 3 is 2.56 bits per heavy atom. The molecule has 1 heterocycles. The van der Waals surface area contributed by atoms with Gasteiger partial charge in [0.25, 0.3) is 0 Å².